The van der Waals surface area contributed by atoms with Crippen LogP contribution in [0.4, 0.5) is 5.82 Å². The number of aryl methyl sites for hydroxylation is 3. The fourth-order valence-corrected chi connectivity index (χ4v) is 2.34. The monoisotopic (exact) mass is 301 g/mol. The van der Waals surface area contributed by atoms with E-state index in [4.69, 9.17) is 5.26 Å². The zero-order valence-corrected chi connectivity index (χ0v) is 12.6. The van der Waals surface area contributed by atoms with Crippen LogP contribution in [0.2, 0.25) is 0 Å². The second-order valence-electron chi connectivity index (χ2n) is 4.42. The van der Waals surface area contributed by atoms with Gasteiger partial charge in [0.15, 0.2) is 0 Å². The molecule has 2 heterocycles. The van der Waals surface area contributed by atoms with Gasteiger partial charge in [-0.25, -0.2) is 9.67 Å². The number of anilines is 1. The normalized spacial score (nSPS) is 10.7. The van der Waals surface area contributed by atoms with E-state index in [0.29, 0.717) is 18.8 Å². The lowest BCUT2D eigenvalue weighted by Gasteiger charge is -2.04. The second kappa shape index (κ2) is 6.81. The third-order valence-corrected chi connectivity index (χ3v) is 3.42. The van der Waals surface area contributed by atoms with Gasteiger partial charge in [-0.15, -0.1) is 11.3 Å². The Kier molecular flexibility index (Phi) is 4.85. The number of hydrogen-bond donors (Lipinski definition) is 1. The molecule has 0 atom stereocenters. The first kappa shape index (κ1) is 14.9. The van der Waals surface area contributed by atoms with Crippen LogP contribution in [0.3, 0.4) is 0 Å². The standard InChI is InChI=1S/C14H15N5OS/c1-10-8-13(19(18-10)7-3-6-15)17-14(20)5-4-12-9-21-11(2)16-12/h4-5,8-9H,3,7H2,1-2H3,(H,17,20)/b5-4-. The Morgan fingerprint density at radius 3 is 3.05 bits per heavy atom. The molecule has 2 aromatic rings. The van der Waals surface area contributed by atoms with Crippen molar-refractivity contribution in [3.63, 3.8) is 0 Å². The van der Waals surface area contributed by atoms with Crippen LogP contribution in [0.15, 0.2) is 17.5 Å². The van der Waals surface area contributed by atoms with Gasteiger partial charge in [0.1, 0.15) is 5.82 Å². The number of rotatable bonds is 5. The molecule has 0 radical (unpaired) electrons. The van der Waals surface area contributed by atoms with Gasteiger partial charge in [0.25, 0.3) is 0 Å². The average Bonchev–Trinajstić information content (AvgIpc) is 3.00. The molecular formula is C14H15N5OS. The van der Waals surface area contributed by atoms with Crippen molar-refractivity contribution in [1.29, 1.82) is 5.26 Å². The largest absolute Gasteiger partial charge is 0.307 e. The van der Waals surface area contributed by atoms with Crippen molar-refractivity contribution in [2.45, 2.75) is 26.8 Å². The molecule has 0 aliphatic carbocycles. The molecule has 0 unspecified atom stereocenters. The molecule has 2 rings (SSSR count). The first-order valence-electron chi connectivity index (χ1n) is 6.41. The topological polar surface area (TPSA) is 83.6 Å². The highest BCUT2D eigenvalue weighted by atomic mass is 32.1. The Hall–Kier alpha value is -2.46. The molecule has 21 heavy (non-hydrogen) atoms. The minimum absolute atomic E-state index is 0.251. The first-order chi connectivity index (χ1) is 10.1. The number of nitrogens with zero attached hydrogens (tertiary/aromatic N) is 4. The Bertz CT molecular complexity index is 707. The lowest BCUT2D eigenvalue weighted by atomic mass is 10.4. The molecule has 0 aliphatic rings. The Labute approximate surface area is 126 Å². The second-order valence-corrected chi connectivity index (χ2v) is 5.48. The molecule has 6 nitrogen and oxygen atoms in total. The molecule has 0 spiro atoms. The molecule has 0 fully saturated rings. The Morgan fingerprint density at radius 2 is 2.38 bits per heavy atom. The third kappa shape index (κ3) is 4.26. The van der Waals surface area contributed by atoms with Crippen LogP contribution in [0, 0.1) is 25.2 Å². The van der Waals surface area contributed by atoms with Gasteiger partial charge < -0.3 is 5.32 Å². The average molecular weight is 301 g/mol. The number of carbonyl (C=O) groups is 1. The molecule has 1 N–H and O–H groups in total. The molecule has 2 aromatic heterocycles. The molecule has 108 valence electrons. The fourth-order valence-electron chi connectivity index (χ4n) is 1.76. The molecule has 0 saturated heterocycles. The summed E-state index contributed by atoms with van der Waals surface area (Å²) >= 11 is 1.54. The van der Waals surface area contributed by atoms with E-state index in [1.807, 2.05) is 19.2 Å². The van der Waals surface area contributed by atoms with Crippen molar-refractivity contribution in [3.8, 4) is 6.07 Å². The predicted octanol–water partition coefficient (Wildman–Crippen LogP) is 2.52. The summed E-state index contributed by atoms with van der Waals surface area (Å²) in [7, 11) is 0. The van der Waals surface area contributed by atoms with Crippen LogP contribution in [-0.2, 0) is 11.3 Å². The first-order valence-corrected chi connectivity index (χ1v) is 7.29. The van der Waals surface area contributed by atoms with Gasteiger partial charge in [-0.1, -0.05) is 0 Å². The SMILES string of the molecule is Cc1cc(NC(=O)/C=C\c2csc(C)n2)n(CCC#N)n1. The van der Waals surface area contributed by atoms with E-state index >= 15 is 0 Å². The molecule has 0 saturated carbocycles. The number of aromatic nitrogens is 3. The lowest BCUT2D eigenvalue weighted by molar-refractivity contribution is -0.111. The highest BCUT2D eigenvalue weighted by molar-refractivity contribution is 7.09. The van der Waals surface area contributed by atoms with E-state index in [1.165, 1.54) is 17.4 Å². The van der Waals surface area contributed by atoms with E-state index in [0.717, 1.165) is 16.4 Å². The maximum atomic E-state index is 11.9. The highest BCUT2D eigenvalue weighted by Crippen LogP contribution is 2.12. The van der Waals surface area contributed by atoms with Crippen LogP contribution in [-0.4, -0.2) is 20.7 Å². The van der Waals surface area contributed by atoms with Crippen LogP contribution in [0.1, 0.15) is 22.8 Å². The van der Waals surface area contributed by atoms with E-state index in [-0.39, 0.29) is 5.91 Å². The van der Waals surface area contributed by atoms with Crippen molar-refractivity contribution in [1.82, 2.24) is 14.8 Å². The van der Waals surface area contributed by atoms with Crippen LogP contribution in [0.25, 0.3) is 6.08 Å². The summed E-state index contributed by atoms with van der Waals surface area (Å²) in [5.41, 5.74) is 1.56. The number of amides is 1. The van der Waals surface area contributed by atoms with Crippen LogP contribution in [0.5, 0.6) is 0 Å². The molecular weight excluding hydrogens is 286 g/mol. The molecule has 0 aromatic carbocycles. The van der Waals surface area contributed by atoms with Crippen molar-refractivity contribution in [3.05, 3.63) is 33.9 Å². The van der Waals surface area contributed by atoms with Crippen LogP contribution < -0.4 is 5.32 Å². The minimum atomic E-state index is -0.251. The maximum Gasteiger partial charge on any atom is 0.249 e. The van der Waals surface area contributed by atoms with Crippen molar-refractivity contribution < 1.29 is 4.79 Å². The van der Waals surface area contributed by atoms with Gasteiger partial charge in [-0.3, -0.25) is 4.79 Å². The Morgan fingerprint density at radius 1 is 1.57 bits per heavy atom. The summed E-state index contributed by atoms with van der Waals surface area (Å²) < 4.78 is 1.62. The summed E-state index contributed by atoms with van der Waals surface area (Å²) in [6.45, 7) is 4.21. The molecule has 7 heteroatoms. The molecule has 0 bridgehead atoms. The smallest absolute Gasteiger partial charge is 0.249 e. The number of carbonyl (C=O) groups excluding carboxylic acids is 1. The zero-order chi connectivity index (χ0) is 15.2. The number of nitriles is 1. The molecule has 0 aliphatic heterocycles. The number of nitrogens with one attached hydrogen (secondary N) is 1. The summed E-state index contributed by atoms with van der Waals surface area (Å²) in [6, 6.07) is 3.83. The van der Waals surface area contributed by atoms with Crippen molar-refractivity contribution in [2.24, 2.45) is 0 Å². The summed E-state index contributed by atoms with van der Waals surface area (Å²) in [5.74, 6) is 0.339. The fraction of sp³-hybridized carbons (Fsp3) is 0.286. The van der Waals surface area contributed by atoms with E-state index in [1.54, 1.807) is 16.8 Å². The van der Waals surface area contributed by atoms with E-state index in [9.17, 15) is 4.79 Å². The van der Waals surface area contributed by atoms with Crippen molar-refractivity contribution >= 4 is 29.1 Å². The number of thiazole rings is 1. The van der Waals surface area contributed by atoms with E-state index < -0.39 is 0 Å². The van der Waals surface area contributed by atoms with Crippen LogP contribution >= 0.6 is 11.3 Å². The minimum Gasteiger partial charge on any atom is -0.307 e. The van der Waals surface area contributed by atoms with Gasteiger partial charge in [0, 0.05) is 17.5 Å². The lowest BCUT2D eigenvalue weighted by Crippen LogP contribution is -2.13. The Balaban J connectivity index is 2.02. The van der Waals surface area contributed by atoms with Gasteiger partial charge in [-0.2, -0.15) is 10.4 Å². The highest BCUT2D eigenvalue weighted by Gasteiger charge is 2.07. The quantitative estimate of drug-likeness (QED) is 0.860. The summed E-state index contributed by atoms with van der Waals surface area (Å²) in [5, 5.41) is 18.5. The summed E-state index contributed by atoms with van der Waals surface area (Å²) in [6.07, 6.45) is 3.45. The maximum absolute atomic E-state index is 11.9. The summed E-state index contributed by atoms with van der Waals surface area (Å²) in [4.78, 5) is 16.1. The van der Waals surface area contributed by atoms with Gasteiger partial charge in [-0.05, 0) is 19.9 Å². The predicted molar refractivity (Wildman–Crippen MR) is 81.7 cm³/mol. The van der Waals surface area contributed by atoms with Gasteiger partial charge in [0.05, 0.1) is 35.4 Å². The third-order valence-electron chi connectivity index (χ3n) is 2.63. The van der Waals surface area contributed by atoms with E-state index in [2.05, 4.69) is 21.5 Å². The van der Waals surface area contributed by atoms with Gasteiger partial charge in [0.2, 0.25) is 5.91 Å². The molecule has 1 amide bonds. The zero-order valence-electron chi connectivity index (χ0n) is 11.8. The van der Waals surface area contributed by atoms with Gasteiger partial charge >= 0.3 is 0 Å². The van der Waals surface area contributed by atoms with Crippen molar-refractivity contribution in [2.75, 3.05) is 5.32 Å². The number of hydrogen-bond acceptors (Lipinski definition) is 5.